The summed E-state index contributed by atoms with van der Waals surface area (Å²) in [6.45, 7) is 6.37. The maximum Gasteiger partial charge on any atom is 0.310 e. The number of carboxylic acid groups (broad SMARTS) is 1. The van der Waals surface area contributed by atoms with Crippen LogP contribution in [0.15, 0.2) is 35.9 Å². The van der Waals surface area contributed by atoms with Crippen LogP contribution in [0.2, 0.25) is 0 Å². The normalized spacial score (nSPS) is 28.8. The number of benzene rings is 1. The third-order valence-corrected chi connectivity index (χ3v) is 6.16. The molecule has 2 aliphatic rings. The molecular formula is C23H34N2O2. The molecule has 2 saturated carbocycles. The molecule has 1 aromatic carbocycles. The van der Waals surface area contributed by atoms with Gasteiger partial charge in [0.15, 0.2) is 0 Å². The van der Waals surface area contributed by atoms with Crippen molar-refractivity contribution in [3.05, 3.63) is 41.5 Å². The van der Waals surface area contributed by atoms with E-state index in [4.69, 9.17) is 0 Å². The summed E-state index contributed by atoms with van der Waals surface area (Å²) in [4.78, 5) is 11.2. The van der Waals surface area contributed by atoms with Gasteiger partial charge in [-0.2, -0.15) is 0 Å². The standard InChI is InChI=1S/C23H34N2O2/c1-16(13-17-7-5-4-6-8-17)20-14-21(20)25-19-11-9-18(10-12-19)24-15-23(2,3)22(26)27/h4-8,13,18-21,24-25H,9-12,14-15H2,1-3H3,(H,26,27)/b16-13+/t18?,19?,20-,21+/m0/s1. The lowest BCUT2D eigenvalue weighted by Crippen LogP contribution is -2.45. The van der Waals surface area contributed by atoms with E-state index in [9.17, 15) is 9.90 Å². The second-order valence-electron chi connectivity index (χ2n) is 9.03. The minimum atomic E-state index is -0.732. The van der Waals surface area contributed by atoms with Gasteiger partial charge in [-0.3, -0.25) is 4.79 Å². The van der Waals surface area contributed by atoms with Gasteiger partial charge >= 0.3 is 5.97 Å². The van der Waals surface area contributed by atoms with E-state index in [0.717, 1.165) is 12.8 Å². The van der Waals surface area contributed by atoms with Gasteiger partial charge in [0.2, 0.25) is 0 Å². The van der Waals surface area contributed by atoms with Crippen LogP contribution in [-0.4, -0.2) is 35.7 Å². The summed E-state index contributed by atoms with van der Waals surface area (Å²) in [6, 6.07) is 12.2. The van der Waals surface area contributed by atoms with E-state index in [0.29, 0.717) is 30.6 Å². The van der Waals surface area contributed by atoms with Crippen molar-refractivity contribution < 1.29 is 9.90 Å². The topological polar surface area (TPSA) is 61.4 Å². The number of hydrogen-bond donors (Lipinski definition) is 3. The lowest BCUT2D eigenvalue weighted by atomic mass is 9.88. The Morgan fingerprint density at radius 3 is 2.41 bits per heavy atom. The third kappa shape index (κ3) is 5.66. The summed E-state index contributed by atoms with van der Waals surface area (Å²) >= 11 is 0. The molecule has 0 unspecified atom stereocenters. The van der Waals surface area contributed by atoms with Crippen LogP contribution in [0.4, 0.5) is 0 Å². The summed E-state index contributed by atoms with van der Waals surface area (Å²) in [5, 5.41) is 16.6. The van der Waals surface area contributed by atoms with Crippen molar-refractivity contribution in [3.8, 4) is 0 Å². The molecule has 0 aliphatic heterocycles. The predicted octanol–water partition coefficient (Wildman–Crippen LogP) is 4.08. The zero-order chi connectivity index (χ0) is 19.4. The van der Waals surface area contributed by atoms with Crippen LogP contribution >= 0.6 is 0 Å². The van der Waals surface area contributed by atoms with Crippen LogP contribution in [0.3, 0.4) is 0 Å². The second kappa shape index (κ2) is 8.57. The number of nitrogens with one attached hydrogen (secondary N) is 2. The van der Waals surface area contributed by atoms with Crippen LogP contribution in [0.5, 0.6) is 0 Å². The summed E-state index contributed by atoms with van der Waals surface area (Å²) in [7, 11) is 0. The molecule has 0 bridgehead atoms. The number of rotatable bonds is 8. The Balaban J connectivity index is 1.38. The lowest BCUT2D eigenvalue weighted by molar-refractivity contribution is -0.146. The van der Waals surface area contributed by atoms with E-state index < -0.39 is 11.4 Å². The molecule has 2 aliphatic carbocycles. The van der Waals surface area contributed by atoms with E-state index in [1.807, 2.05) is 0 Å². The van der Waals surface area contributed by atoms with Crippen LogP contribution in [0.25, 0.3) is 6.08 Å². The predicted molar refractivity (Wildman–Crippen MR) is 111 cm³/mol. The van der Waals surface area contributed by atoms with Crippen molar-refractivity contribution in [3.63, 3.8) is 0 Å². The highest BCUT2D eigenvalue weighted by Crippen LogP contribution is 2.39. The smallest absolute Gasteiger partial charge is 0.310 e. The fraction of sp³-hybridized carbons (Fsp3) is 0.609. The first kappa shape index (κ1) is 20.1. The molecule has 0 radical (unpaired) electrons. The molecule has 4 nitrogen and oxygen atoms in total. The Labute approximate surface area is 163 Å². The molecular weight excluding hydrogens is 336 g/mol. The van der Waals surface area contributed by atoms with Gasteiger partial charge in [0, 0.05) is 24.7 Å². The van der Waals surface area contributed by atoms with Gasteiger partial charge in [-0.25, -0.2) is 0 Å². The maximum atomic E-state index is 11.2. The number of aliphatic carboxylic acids is 1. The highest BCUT2D eigenvalue weighted by molar-refractivity contribution is 5.73. The van der Waals surface area contributed by atoms with Gasteiger partial charge in [0.05, 0.1) is 5.41 Å². The van der Waals surface area contributed by atoms with E-state index in [1.54, 1.807) is 13.8 Å². The second-order valence-corrected chi connectivity index (χ2v) is 9.03. The van der Waals surface area contributed by atoms with Crippen LogP contribution in [0.1, 0.15) is 58.4 Å². The Kier molecular flexibility index (Phi) is 6.38. The number of hydrogen-bond acceptors (Lipinski definition) is 3. The van der Waals surface area contributed by atoms with Crippen LogP contribution in [0, 0.1) is 11.3 Å². The molecule has 0 saturated heterocycles. The molecule has 2 atom stereocenters. The minimum absolute atomic E-state index is 0.455. The van der Waals surface area contributed by atoms with E-state index in [1.165, 1.54) is 30.4 Å². The third-order valence-electron chi connectivity index (χ3n) is 6.16. The Hall–Kier alpha value is -1.65. The SMILES string of the molecule is C/C(=C\c1ccccc1)[C@@H]1C[C@H]1NC1CCC(NCC(C)(C)C(=O)O)CC1. The first-order valence-electron chi connectivity index (χ1n) is 10.3. The minimum Gasteiger partial charge on any atom is -0.481 e. The van der Waals surface area contributed by atoms with E-state index in [-0.39, 0.29) is 0 Å². The van der Waals surface area contributed by atoms with Gasteiger partial charge in [0.1, 0.15) is 0 Å². The van der Waals surface area contributed by atoms with Gasteiger partial charge < -0.3 is 15.7 Å². The molecule has 0 amide bonds. The van der Waals surface area contributed by atoms with Gasteiger partial charge in [-0.1, -0.05) is 42.0 Å². The van der Waals surface area contributed by atoms with Gasteiger partial charge in [-0.15, -0.1) is 0 Å². The maximum absolute atomic E-state index is 11.2. The van der Waals surface area contributed by atoms with Crippen LogP contribution in [-0.2, 0) is 4.79 Å². The highest BCUT2D eigenvalue weighted by Gasteiger charge is 2.39. The van der Waals surface area contributed by atoms with Gasteiger partial charge in [-0.05, 0) is 64.4 Å². The Bertz CT molecular complexity index is 660. The van der Waals surface area contributed by atoms with Crippen molar-refractivity contribution in [2.75, 3.05) is 6.54 Å². The zero-order valence-electron chi connectivity index (χ0n) is 16.9. The highest BCUT2D eigenvalue weighted by atomic mass is 16.4. The Morgan fingerprint density at radius 2 is 1.78 bits per heavy atom. The average Bonchev–Trinajstić information content (AvgIpc) is 3.41. The van der Waals surface area contributed by atoms with Crippen molar-refractivity contribution in [1.82, 2.24) is 10.6 Å². The quantitative estimate of drug-likeness (QED) is 0.645. The zero-order valence-corrected chi connectivity index (χ0v) is 16.9. The summed E-state index contributed by atoms with van der Waals surface area (Å²) in [5.41, 5.74) is 2.07. The molecule has 0 spiro atoms. The largest absolute Gasteiger partial charge is 0.481 e. The first-order valence-corrected chi connectivity index (χ1v) is 10.3. The number of carbonyl (C=O) groups is 1. The fourth-order valence-corrected chi connectivity index (χ4v) is 4.04. The monoisotopic (exact) mass is 370 g/mol. The summed E-state index contributed by atoms with van der Waals surface area (Å²) in [6.07, 6.45) is 8.18. The van der Waals surface area contributed by atoms with Crippen LogP contribution < -0.4 is 10.6 Å². The molecule has 2 fully saturated rings. The molecule has 27 heavy (non-hydrogen) atoms. The van der Waals surface area contributed by atoms with Crippen molar-refractivity contribution in [1.29, 1.82) is 0 Å². The molecule has 0 heterocycles. The summed E-state index contributed by atoms with van der Waals surface area (Å²) < 4.78 is 0. The first-order chi connectivity index (χ1) is 12.8. The molecule has 3 N–H and O–H groups in total. The molecule has 0 aromatic heterocycles. The molecule has 4 heteroatoms. The molecule has 148 valence electrons. The average molecular weight is 371 g/mol. The Morgan fingerprint density at radius 1 is 1.15 bits per heavy atom. The van der Waals surface area contributed by atoms with Crippen molar-refractivity contribution in [2.24, 2.45) is 11.3 Å². The van der Waals surface area contributed by atoms with E-state index >= 15 is 0 Å². The van der Waals surface area contributed by atoms with Gasteiger partial charge in [0.25, 0.3) is 0 Å². The fourth-order valence-electron chi connectivity index (χ4n) is 4.04. The molecule has 3 rings (SSSR count). The van der Waals surface area contributed by atoms with E-state index in [2.05, 4.69) is 54.0 Å². The molecule has 1 aromatic rings. The summed E-state index contributed by atoms with van der Waals surface area (Å²) in [5.74, 6) is -0.0542. The van der Waals surface area contributed by atoms with Crippen molar-refractivity contribution >= 4 is 12.0 Å². The van der Waals surface area contributed by atoms with Crippen molar-refractivity contribution in [2.45, 2.75) is 71.0 Å². The lowest BCUT2D eigenvalue weighted by Gasteiger charge is -2.32. The number of carboxylic acids is 1.